The Hall–Kier alpha value is -2.32. The second-order valence-corrected chi connectivity index (χ2v) is 7.93. The molecule has 0 spiro atoms. The molecule has 0 amide bonds. The van der Waals surface area contributed by atoms with E-state index in [0.717, 1.165) is 28.1 Å². The maximum Gasteiger partial charge on any atom is 0.136 e. The molecular weight excluding hydrogens is 397 g/mol. The van der Waals surface area contributed by atoms with Crippen molar-refractivity contribution in [3.63, 3.8) is 0 Å². The van der Waals surface area contributed by atoms with Gasteiger partial charge >= 0.3 is 0 Å². The predicted octanol–water partition coefficient (Wildman–Crippen LogP) is 7.02. The van der Waals surface area contributed by atoms with E-state index in [9.17, 15) is 5.26 Å². The van der Waals surface area contributed by atoms with Gasteiger partial charge in [-0.1, -0.05) is 47.0 Å². The Kier molecular flexibility index (Phi) is 5.86. The van der Waals surface area contributed by atoms with Crippen molar-refractivity contribution < 1.29 is 0 Å². The summed E-state index contributed by atoms with van der Waals surface area (Å²) in [6.45, 7) is 6.17. The van der Waals surface area contributed by atoms with Crippen molar-refractivity contribution in [1.82, 2.24) is 4.98 Å². The quantitative estimate of drug-likeness (QED) is 0.467. The number of halogens is 2. The van der Waals surface area contributed by atoms with Crippen LogP contribution in [-0.2, 0) is 0 Å². The van der Waals surface area contributed by atoms with Crippen LogP contribution >= 0.6 is 34.5 Å². The van der Waals surface area contributed by atoms with Crippen molar-refractivity contribution >= 4 is 45.8 Å². The molecule has 6 heteroatoms. The molecule has 2 aromatic carbocycles. The van der Waals surface area contributed by atoms with Crippen LogP contribution in [0.1, 0.15) is 21.7 Å². The van der Waals surface area contributed by atoms with Gasteiger partial charge in [-0.05, 0) is 44.0 Å². The van der Waals surface area contributed by atoms with Crippen LogP contribution in [0.2, 0.25) is 10.0 Å². The third-order valence-corrected chi connectivity index (χ3v) is 5.72. The zero-order chi connectivity index (χ0) is 19.6. The lowest BCUT2D eigenvalue weighted by Crippen LogP contribution is -1.97. The minimum absolute atomic E-state index is 0.477. The van der Waals surface area contributed by atoms with E-state index in [1.165, 1.54) is 16.9 Å². The summed E-state index contributed by atoms with van der Waals surface area (Å²) < 4.78 is 0. The molecule has 0 saturated carbocycles. The molecule has 0 atom stereocenters. The molecule has 0 fully saturated rings. The molecule has 3 nitrogen and oxygen atoms in total. The Labute approximate surface area is 172 Å². The molecule has 1 heterocycles. The van der Waals surface area contributed by atoms with Gasteiger partial charge in [-0.3, -0.25) is 0 Å². The van der Waals surface area contributed by atoms with Crippen molar-refractivity contribution in [2.24, 2.45) is 0 Å². The third kappa shape index (κ3) is 4.33. The molecule has 0 aliphatic rings. The fraction of sp³-hybridized carbons (Fsp3) is 0.143. The minimum Gasteiger partial charge on any atom is -0.360 e. The van der Waals surface area contributed by atoms with Gasteiger partial charge in [0.15, 0.2) is 0 Å². The van der Waals surface area contributed by atoms with Crippen molar-refractivity contribution in [1.29, 1.82) is 5.26 Å². The average Bonchev–Trinajstić information content (AvgIpc) is 3.09. The first-order valence-electron chi connectivity index (χ1n) is 8.25. The molecule has 0 aliphatic carbocycles. The van der Waals surface area contributed by atoms with Gasteiger partial charge in [0.25, 0.3) is 0 Å². The maximum absolute atomic E-state index is 9.57. The number of thiazole rings is 1. The molecule has 1 N–H and O–H groups in total. The number of aryl methyl sites for hydroxylation is 3. The van der Waals surface area contributed by atoms with Crippen molar-refractivity contribution in [2.75, 3.05) is 5.32 Å². The van der Waals surface area contributed by atoms with E-state index in [-0.39, 0.29) is 0 Å². The van der Waals surface area contributed by atoms with E-state index < -0.39 is 0 Å². The van der Waals surface area contributed by atoms with E-state index in [0.29, 0.717) is 20.6 Å². The van der Waals surface area contributed by atoms with Crippen LogP contribution in [0.3, 0.4) is 0 Å². The minimum atomic E-state index is 0.477. The predicted molar refractivity (Wildman–Crippen MR) is 115 cm³/mol. The topological polar surface area (TPSA) is 48.7 Å². The first kappa shape index (κ1) is 19.4. The highest BCUT2D eigenvalue weighted by atomic mass is 35.5. The van der Waals surface area contributed by atoms with Gasteiger partial charge in [0.1, 0.15) is 16.6 Å². The fourth-order valence-corrected chi connectivity index (χ4v) is 3.97. The number of hydrogen-bond donors (Lipinski definition) is 1. The summed E-state index contributed by atoms with van der Waals surface area (Å²) >= 11 is 13.5. The van der Waals surface area contributed by atoms with Gasteiger partial charge in [0, 0.05) is 22.8 Å². The summed E-state index contributed by atoms with van der Waals surface area (Å²) in [5.41, 5.74) is 6.60. The molecule has 27 heavy (non-hydrogen) atoms. The summed E-state index contributed by atoms with van der Waals surface area (Å²) in [4.78, 5) is 4.58. The van der Waals surface area contributed by atoms with Crippen molar-refractivity contribution in [3.8, 4) is 17.3 Å². The standard InChI is InChI=1S/C21H17Cl2N3S/c1-12-6-13(2)20(14(3)7-12)25-10-16(9-24)21-26-19(11-27-21)15-4-5-17(22)18(23)8-15/h4-8,10-11,25H,1-3H3. The van der Waals surface area contributed by atoms with Crippen molar-refractivity contribution in [2.45, 2.75) is 20.8 Å². The maximum atomic E-state index is 9.57. The molecule has 3 rings (SSSR count). The second kappa shape index (κ2) is 8.14. The number of rotatable bonds is 4. The highest BCUT2D eigenvalue weighted by Crippen LogP contribution is 2.31. The zero-order valence-corrected chi connectivity index (χ0v) is 17.4. The van der Waals surface area contributed by atoms with Gasteiger partial charge in [-0.15, -0.1) is 11.3 Å². The van der Waals surface area contributed by atoms with E-state index in [1.807, 2.05) is 25.3 Å². The van der Waals surface area contributed by atoms with Gasteiger partial charge in [-0.2, -0.15) is 5.26 Å². The molecule has 0 aliphatic heterocycles. The number of nitrogens with one attached hydrogen (secondary N) is 1. The second-order valence-electron chi connectivity index (χ2n) is 6.25. The van der Waals surface area contributed by atoms with Crippen LogP contribution < -0.4 is 5.32 Å². The van der Waals surface area contributed by atoms with Gasteiger partial charge in [-0.25, -0.2) is 4.98 Å². The largest absolute Gasteiger partial charge is 0.360 e. The Balaban J connectivity index is 1.89. The molecule has 0 unspecified atom stereocenters. The molecular formula is C21H17Cl2N3S. The number of aromatic nitrogens is 1. The van der Waals surface area contributed by atoms with Crippen LogP contribution in [0.4, 0.5) is 5.69 Å². The number of allylic oxidation sites excluding steroid dienone is 1. The Morgan fingerprint density at radius 1 is 1.11 bits per heavy atom. The Morgan fingerprint density at radius 2 is 1.81 bits per heavy atom. The van der Waals surface area contributed by atoms with Gasteiger partial charge < -0.3 is 5.32 Å². The summed E-state index contributed by atoms with van der Waals surface area (Å²) in [6, 6.07) is 11.8. The normalized spacial score (nSPS) is 11.3. The van der Waals surface area contributed by atoms with E-state index >= 15 is 0 Å². The SMILES string of the molecule is Cc1cc(C)c(NC=C(C#N)c2nc(-c3ccc(Cl)c(Cl)c3)cs2)c(C)c1. The highest BCUT2D eigenvalue weighted by Gasteiger charge is 2.11. The third-order valence-electron chi connectivity index (χ3n) is 4.11. The smallest absolute Gasteiger partial charge is 0.136 e. The van der Waals surface area contributed by atoms with Crippen molar-refractivity contribution in [3.05, 3.63) is 73.7 Å². The number of anilines is 1. The molecule has 0 radical (unpaired) electrons. The first-order valence-corrected chi connectivity index (χ1v) is 9.88. The number of hydrogen-bond acceptors (Lipinski definition) is 4. The van der Waals surface area contributed by atoms with Crippen LogP contribution in [0, 0.1) is 32.1 Å². The average molecular weight is 414 g/mol. The monoisotopic (exact) mass is 413 g/mol. The van der Waals surface area contributed by atoms with Crippen LogP contribution in [-0.4, -0.2) is 4.98 Å². The number of nitrogens with zero attached hydrogens (tertiary/aromatic N) is 2. The van der Waals surface area contributed by atoms with Crippen LogP contribution in [0.25, 0.3) is 16.8 Å². The molecule has 0 bridgehead atoms. The van der Waals surface area contributed by atoms with E-state index in [4.69, 9.17) is 23.2 Å². The Bertz CT molecular complexity index is 1050. The summed E-state index contributed by atoms with van der Waals surface area (Å²) in [5, 5.41) is 16.4. The number of nitriles is 1. The Morgan fingerprint density at radius 3 is 2.44 bits per heavy atom. The van der Waals surface area contributed by atoms with E-state index in [1.54, 1.807) is 18.3 Å². The summed E-state index contributed by atoms with van der Waals surface area (Å²) in [6.07, 6.45) is 1.71. The highest BCUT2D eigenvalue weighted by molar-refractivity contribution is 7.11. The first-order chi connectivity index (χ1) is 12.9. The summed E-state index contributed by atoms with van der Waals surface area (Å²) in [7, 11) is 0. The van der Waals surface area contributed by atoms with Crippen LogP contribution in [0.5, 0.6) is 0 Å². The lowest BCUT2D eigenvalue weighted by molar-refractivity contribution is 1.31. The van der Waals surface area contributed by atoms with Gasteiger partial charge in [0.2, 0.25) is 0 Å². The lowest BCUT2D eigenvalue weighted by Gasteiger charge is -2.11. The zero-order valence-electron chi connectivity index (χ0n) is 15.1. The molecule has 1 aromatic heterocycles. The van der Waals surface area contributed by atoms with E-state index in [2.05, 4.69) is 35.4 Å². The van der Waals surface area contributed by atoms with Crippen LogP contribution in [0.15, 0.2) is 41.9 Å². The van der Waals surface area contributed by atoms with Gasteiger partial charge in [0.05, 0.1) is 15.7 Å². The molecule has 136 valence electrons. The fourth-order valence-electron chi connectivity index (χ4n) is 2.88. The number of benzene rings is 2. The molecule has 0 saturated heterocycles. The lowest BCUT2D eigenvalue weighted by atomic mass is 10.1. The summed E-state index contributed by atoms with van der Waals surface area (Å²) in [5.74, 6) is 0. The molecule has 3 aromatic rings.